The van der Waals surface area contributed by atoms with Crippen LogP contribution in [-0.2, 0) is 0 Å². The molecule has 1 saturated carbocycles. The highest BCUT2D eigenvalue weighted by Crippen LogP contribution is 2.43. The van der Waals surface area contributed by atoms with Gasteiger partial charge in [0, 0.05) is 54.9 Å². The molecule has 2 fully saturated rings. The lowest BCUT2D eigenvalue weighted by Crippen LogP contribution is -2.33. The normalized spacial score (nSPS) is 18.8. The fourth-order valence-electron chi connectivity index (χ4n) is 5.16. The Morgan fingerprint density at radius 2 is 1.84 bits per heavy atom. The van der Waals surface area contributed by atoms with Gasteiger partial charge in [0.1, 0.15) is 11.5 Å². The predicted molar refractivity (Wildman–Crippen MR) is 146 cm³/mol. The number of amides is 1. The topological polar surface area (TPSA) is 88.6 Å². The van der Waals surface area contributed by atoms with Crippen LogP contribution in [0.3, 0.4) is 0 Å². The molecule has 3 aromatic rings. The first-order chi connectivity index (χ1) is 17.9. The average molecular weight is 504 g/mol. The molecular weight excluding hydrogens is 466 g/mol. The highest BCUT2D eigenvalue weighted by molar-refractivity contribution is 6.08. The second-order valence-corrected chi connectivity index (χ2v) is 10.3. The minimum Gasteiger partial charge on any atom is -0.497 e. The molecular formula is C29H37N5O3. The van der Waals surface area contributed by atoms with E-state index in [9.17, 15) is 4.79 Å². The van der Waals surface area contributed by atoms with E-state index in [0.29, 0.717) is 29.0 Å². The van der Waals surface area contributed by atoms with Gasteiger partial charge in [-0.3, -0.25) is 14.8 Å². The van der Waals surface area contributed by atoms with E-state index in [1.807, 2.05) is 32.0 Å². The molecule has 0 unspecified atom stereocenters. The maximum absolute atomic E-state index is 13.8. The molecule has 2 aromatic heterocycles. The zero-order valence-corrected chi connectivity index (χ0v) is 22.4. The second-order valence-electron chi connectivity index (χ2n) is 10.3. The van der Waals surface area contributed by atoms with Gasteiger partial charge in [0.2, 0.25) is 0 Å². The van der Waals surface area contributed by atoms with Crippen molar-refractivity contribution < 1.29 is 14.3 Å². The van der Waals surface area contributed by atoms with Crippen molar-refractivity contribution in [2.24, 2.45) is 0 Å². The first-order valence-corrected chi connectivity index (χ1v) is 13.2. The van der Waals surface area contributed by atoms with Gasteiger partial charge in [-0.05, 0) is 63.8 Å². The molecule has 0 spiro atoms. The SMILES string of the molecule is COc1cc(OC)cc([C@H](C)NC(=O)c2cnc3c(C4CC4)nc(C)cc3c2N2CCN[C@H](C)CC2)c1. The van der Waals surface area contributed by atoms with Gasteiger partial charge in [0.25, 0.3) is 5.91 Å². The summed E-state index contributed by atoms with van der Waals surface area (Å²) in [5.41, 5.74) is 5.42. The van der Waals surface area contributed by atoms with Crippen molar-refractivity contribution in [3.8, 4) is 11.5 Å². The number of carbonyl (C=O) groups is 1. The van der Waals surface area contributed by atoms with Crippen molar-refractivity contribution in [2.45, 2.75) is 58.0 Å². The van der Waals surface area contributed by atoms with E-state index >= 15 is 0 Å². The Labute approximate surface area is 218 Å². The molecule has 5 rings (SSSR count). The Morgan fingerprint density at radius 1 is 1.11 bits per heavy atom. The summed E-state index contributed by atoms with van der Waals surface area (Å²) in [6.07, 6.45) is 5.05. The number of fused-ring (bicyclic) bond motifs is 1. The van der Waals surface area contributed by atoms with E-state index in [2.05, 4.69) is 28.5 Å². The lowest BCUT2D eigenvalue weighted by Gasteiger charge is -2.27. The van der Waals surface area contributed by atoms with Crippen LogP contribution in [0.15, 0.2) is 30.5 Å². The van der Waals surface area contributed by atoms with Crippen molar-refractivity contribution >= 4 is 22.5 Å². The monoisotopic (exact) mass is 503 g/mol. The smallest absolute Gasteiger partial charge is 0.255 e. The summed E-state index contributed by atoms with van der Waals surface area (Å²) in [6.45, 7) is 8.78. The van der Waals surface area contributed by atoms with E-state index in [1.165, 1.54) is 0 Å². The van der Waals surface area contributed by atoms with Gasteiger partial charge in [0.05, 0.1) is 42.7 Å². The summed E-state index contributed by atoms with van der Waals surface area (Å²) in [7, 11) is 3.25. The third kappa shape index (κ3) is 5.34. The Kier molecular flexibility index (Phi) is 7.20. The Morgan fingerprint density at radius 3 is 2.51 bits per heavy atom. The molecule has 37 heavy (non-hydrogen) atoms. The van der Waals surface area contributed by atoms with Crippen LogP contribution < -0.4 is 25.0 Å². The summed E-state index contributed by atoms with van der Waals surface area (Å²) in [6, 6.07) is 7.94. The number of nitrogens with zero attached hydrogens (tertiary/aromatic N) is 3. The van der Waals surface area contributed by atoms with E-state index < -0.39 is 0 Å². The van der Waals surface area contributed by atoms with E-state index in [0.717, 1.165) is 72.4 Å². The highest BCUT2D eigenvalue weighted by Gasteiger charge is 2.31. The zero-order valence-electron chi connectivity index (χ0n) is 22.4. The number of hydrogen-bond acceptors (Lipinski definition) is 7. The van der Waals surface area contributed by atoms with Crippen LogP contribution in [0, 0.1) is 6.92 Å². The van der Waals surface area contributed by atoms with Crippen LogP contribution in [0.4, 0.5) is 5.69 Å². The molecule has 8 heteroatoms. The van der Waals surface area contributed by atoms with Gasteiger partial charge in [-0.25, -0.2) is 0 Å². The number of hydrogen-bond donors (Lipinski definition) is 2. The number of anilines is 1. The van der Waals surface area contributed by atoms with Crippen LogP contribution in [0.2, 0.25) is 0 Å². The molecule has 0 radical (unpaired) electrons. The number of carbonyl (C=O) groups excluding carboxylic acids is 1. The lowest BCUT2D eigenvalue weighted by molar-refractivity contribution is 0.0940. The molecule has 1 amide bonds. The predicted octanol–water partition coefficient (Wildman–Crippen LogP) is 4.51. The number of rotatable bonds is 7. The van der Waals surface area contributed by atoms with E-state index in [1.54, 1.807) is 20.4 Å². The molecule has 1 aliphatic carbocycles. The molecule has 3 heterocycles. The molecule has 1 saturated heterocycles. The number of pyridine rings is 2. The number of aromatic nitrogens is 2. The van der Waals surface area contributed by atoms with Gasteiger partial charge in [-0.1, -0.05) is 0 Å². The van der Waals surface area contributed by atoms with Crippen LogP contribution in [-0.4, -0.2) is 55.8 Å². The molecule has 2 aliphatic rings. The largest absolute Gasteiger partial charge is 0.497 e. The standard InChI is InChI=1S/C29H37N5O3/c1-17-8-10-34(11-9-30-17)28-24-12-18(2)32-26(20-6-7-20)27(24)31-16-25(28)29(35)33-19(3)21-13-22(36-4)15-23(14-21)37-5/h12-17,19-20,30H,6-11H2,1-5H3,(H,33,35)/t17-,19+/m1/s1. The van der Waals surface area contributed by atoms with E-state index in [-0.39, 0.29) is 11.9 Å². The Hall–Kier alpha value is -3.39. The molecule has 2 N–H and O–H groups in total. The van der Waals surface area contributed by atoms with Crippen molar-refractivity contribution in [1.82, 2.24) is 20.6 Å². The van der Waals surface area contributed by atoms with Gasteiger partial charge >= 0.3 is 0 Å². The Bertz CT molecular complexity index is 1280. The molecule has 2 atom stereocenters. The van der Waals surface area contributed by atoms with Crippen molar-refractivity contribution in [3.63, 3.8) is 0 Å². The molecule has 8 nitrogen and oxygen atoms in total. The number of methoxy groups -OCH3 is 2. The second kappa shape index (κ2) is 10.5. The third-order valence-corrected chi connectivity index (χ3v) is 7.43. The van der Waals surface area contributed by atoms with Crippen LogP contribution in [0.25, 0.3) is 10.9 Å². The molecule has 1 aliphatic heterocycles. The summed E-state index contributed by atoms with van der Waals surface area (Å²) in [5, 5.41) is 7.79. The van der Waals surface area contributed by atoms with Crippen LogP contribution >= 0.6 is 0 Å². The maximum Gasteiger partial charge on any atom is 0.255 e. The number of nitrogens with one attached hydrogen (secondary N) is 2. The van der Waals surface area contributed by atoms with Gasteiger partial charge in [0.15, 0.2) is 0 Å². The van der Waals surface area contributed by atoms with Gasteiger partial charge in [-0.2, -0.15) is 0 Å². The fourth-order valence-corrected chi connectivity index (χ4v) is 5.16. The zero-order chi connectivity index (χ0) is 26.1. The summed E-state index contributed by atoms with van der Waals surface area (Å²) < 4.78 is 10.9. The van der Waals surface area contributed by atoms with E-state index in [4.69, 9.17) is 19.4 Å². The third-order valence-electron chi connectivity index (χ3n) is 7.43. The van der Waals surface area contributed by atoms with Gasteiger partial charge in [-0.15, -0.1) is 0 Å². The van der Waals surface area contributed by atoms with Gasteiger partial charge < -0.3 is 25.0 Å². The Balaban J connectivity index is 1.55. The van der Waals surface area contributed by atoms with Crippen LogP contribution in [0.1, 0.15) is 72.4 Å². The number of benzene rings is 1. The first-order valence-electron chi connectivity index (χ1n) is 13.2. The van der Waals surface area contributed by atoms with Crippen molar-refractivity contribution in [3.05, 3.63) is 53.0 Å². The summed E-state index contributed by atoms with van der Waals surface area (Å²) >= 11 is 0. The summed E-state index contributed by atoms with van der Waals surface area (Å²) in [4.78, 5) is 25.9. The molecule has 1 aromatic carbocycles. The van der Waals surface area contributed by atoms with Crippen molar-refractivity contribution in [1.29, 1.82) is 0 Å². The average Bonchev–Trinajstić information content (AvgIpc) is 3.75. The lowest BCUT2D eigenvalue weighted by atomic mass is 10.0. The molecule has 196 valence electrons. The fraction of sp³-hybridized carbons (Fsp3) is 0.483. The highest BCUT2D eigenvalue weighted by atomic mass is 16.5. The quantitative estimate of drug-likeness (QED) is 0.490. The number of ether oxygens (including phenoxy) is 2. The minimum absolute atomic E-state index is 0.147. The first kappa shape index (κ1) is 25.3. The van der Waals surface area contributed by atoms with Crippen molar-refractivity contribution in [2.75, 3.05) is 38.8 Å². The minimum atomic E-state index is -0.257. The summed E-state index contributed by atoms with van der Waals surface area (Å²) in [5.74, 6) is 1.69. The number of aryl methyl sites for hydroxylation is 1. The maximum atomic E-state index is 13.8. The van der Waals surface area contributed by atoms with Crippen LogP contribution in [0.5, 0.6) is 11.5 Å². The molecule has 0 bridgehead atoms.